The predicted octanol–water partition coefficient (Wildman–Crippen LogP) is 0.894. The van der Waals surface area contributed by atoms with Crippen LogP contribution in [0.5, 0.6) is 0 Å². The number of likely N-dealkylation sites (tertiary alicyclic amines) is 1. The summed E-state index contributed by atoms with van der Waals surface area (Å²) in [6.45, 7) is 1.67. The summed E-state index contributed by atoms with van der Waals surface area (Å²) in [7, 11) is -3.09. The lowest BCUT2D eigenvalue weighted by molar-refractivity contribution is -0.140. The second kappa shape index (κ2) is 5.17. The van der Waals surface area contributed by atoms with Crippen LogP contribution in [0, 0.1) is 0 Å². The molecule has 2 aliphatic heterocycles. The van der Waals surface area contributed by atoms with Gasteiger partial charge >= 0.3 is 5.97 Å². The zero-order valence-corrected chi connectivity index (χ0v) is 11.4. The van der Waals surface area contributed by atoms with Gasteiger partial charge in [0.15, 0.2) is 9.84 Å². The Balaban J connectivity index is 2.24. The van der Waals surface area contributed by atoms with E-state index >= 15 is 0 Å². The van der Waals surface area contributed by atoms with Crippen LogP contribution in [0.25, 0.3) is 0 Å². The molecule has 0 aromatic rings. The molecule has 18 heavy (non-hydrogen) atoms. The van der Waals surface area contributed by atoms with Gasteiger partial charge in [-0.15, -0.1) is 0 Å². The molecule has 2 rings (SSSR count). The highest BCUT2D eigenvalue weighted by Crippen LogP contribution is 2.34. The monoisotopic (exact) mass is 275 g/mol. The second-order valence-electron chi connectivity index (χ2n) is 5.54. The first-order valence-electron chi connectivity index (χ1n) is 6.61. The summed E-state index contributed by atoms with van der Waals surface area (Å²) in [6, 6.07) is 0. The van der Waals surface area contributed by atoms with Gasteiger partial charge in [-0.2, -0.15) is 0 Å². The summed E-state index contributed by atoms with van der Waals surface area (Å²) in [4.78, 5) is 13.2. The minimum Gasteiger partial charge on any atom is -0.481 e. The molecule has 0 aliphatic carbocycles. The third-order valence-electron chi connectivity index (χ3n) is 4.09. The number of hydrogen-bond donors (Lipinski definition) is 1. The summed E-state index contributed by atoms with van der Waals surface area (Å²) in [5.74, 6) is -0.660. The first-order valence-corrected chi connectivity index (χ1v) is 8.43. The van der Waals surface area contributed by atoms with Crippen molar-refractivity contribution in [1.29, 1.82) is 0 Å². The van der Waals surface area contributed by atoms with Crippen LogP contribution < -0.4 is 0 Å². The smallest absolute Gasteiger partial charge is 0.305 e. The Kier molecular flexibility index (Phi) is 3.96. The molecule has 1 atom stereocenters. The standard InChI is InChI=1S/C12H21NO4S/c14-11(15)9-12(13-6-2-1-3-7-13)5-4-8-18(16,17)10-12/h1-10H2,(H,14,15). The van der Waals surface area contributed by atoms with Gasteiger partial charge in [0.1, 0.15) is 0 Å². The van der Waals surface area contributed by atoms with Crippen LogP contribution >= 0.6 is 0 Å². The number of sulfone groups is 1. The van der Waals surface area contributed by atoms with Gasteiger partial charge in [-0.25, -0.2) is 8.42 Å². The number of carboxylic acids is 1. The van der Waals surface area contributed by atoms with E-state index in [0.717, 1.165) is 32.4 Å². The van der Waals surface area contributed by atoms with E-state index in [9.17, 15) is 13.2 Å². The summed E-state index contributed by atoms with van der Waals surface area (Å²) >= 11 is 0. The molecule has 2 saturated heterocycles. The fourth-order valence-electron chi connectivity index (χ4n) is 3.33. The topological polar surface area (TPSA) is 74.7 Å². The Bertz CT molecular complexity index is 414. The molecule has 1 unspecified atom stereocenters. The summed E-state index contributed by atoms with van der Waals surface area (Å²) in [6.07, 6.45) is 4.48. The van der Waals surface area contributed by atoms with Gasteiger partial charge in [0.2, 0.25) is 0 Å². The largest absolute Gasteiger partial charge is 0.481 e. The van der Waals surface area contributed by atoms with E-state index in [1.165, 1.54) is 0 Å². The Hall–Kier alpha value is -0.620. The van der Waals surface area contributed by atoms with Crippen LogP contribution in [0.3, 0.4) is 0 Å². The van der Waals surface area contributed by atoms with E-state index in [4.69, 9.17) is 5.11 Å². The Morgan fingerprint density at radius 2 is 1.83 bits per heavy atom. The van der Waals surface area contributed by atoms with E-state index < -0.39 is 21.3 Å². The van der Waals surface area contributed by atoms with Gasteiger partial charge in [-0.3, -0.25) is 9.69 Å². The molecule has 2 aliphatic rings. The van der Waals surface area contributed by atoms with Crippen molar-refractivity contribution in [3.63, 3.8) is 0 Å². The van der Waals surface area contributed by atoms with Crippen molar-refractivity contribution in [2.24, 2.45) is 0 Å². The molecule has 1 N–H and O–H groups in total. The molecule has 0 bridgehead atoms. The van der Waals surface area contributed by atoms with Crippen LogP contribution in [-0.2, 0) is 14.6 Å². The molecule has 0 aromatic heterocycles. The van der Waals surface area contributed by atoms with E-state index in [-0.39, 0.29) is 17.9 Å². The first kappa shape index (κ1) is 13.8. The number of rotatable bonds is 3. The van der Waals surface area contributed by atoms with Crippen molar-refractivity contribution in [2.45, 2.75) is 44.1 Å². The van der Waals surface area contributed by atoms with E-state index in [2.05, 4.69) is 4.90 Å². The fraction of sp³-hybridized carbons (Fsp3) is 0.917. The number of nitrogens with zero attached hydrogens (tertiary/aromatic N) is 1. The molecule has 5 nitrogen and oxygen atoms in total. The average Bonchev–Trinajstić information content (AvgIpc) is 2.28. The van der Waals surface area contributed by atoms with Gasteiger partial charge in [0, 0.05) is 5.54 Å². The van der Waals surface area contributed by atoms with Crippen molar-refractivity contribution in [3.05, 3.63) is 0 Å². The van der Waals surface area contributed by atoms with Crippen LogP contribution in [0.15, 0.2) is 0 Å². The number of piperidine rings is 1. The Morgan fingerprint density at radius 3 is 2.39 bits per heavy atom. The lowest BCUT2D eigenvalue weighted by atomic mass is 9.87. The zero-order valence-electron chi connectivity index (χ0n) is 10.6. The summed E-state index contributed by atoms with van der Waals surface area (Å²) < 4.78 is 23.7. The van der Waals surface area contributed by atoms with Gasteiger partial charge in [0.25, 0.3) is 0 Å². The highest BCUT2D eigenvalue weighted by Gasteiger charge is 2.45. The third-order valence-corrected chi connectivity index (χ3v) is 5.98. The minimum absolute atomic E-state index is 0.0201. The van der Waals surface area contributed by atoms with Gasteiger partial charge in [0.05, 0.1) is 17.9 Å². The van der Waals surface area contributed by atoms with Gasteiger partial charge < -0.3 is 5.11 Å². The van der Waals surface area contributed by atoms with Crippen molar-refractivity contribution < 1.29 is 18.3 Å². The average molecular weight is 275 g/mol. The molecule has 0 aromatic carbocycles. The van der Waals surface area contributed by atoms with E-state index in [1.807, 2.05) is 0 Å². The maximum absolute atomic E-state index is 11.9. The van der Waals surface area contributed by atoms with Crippen LogP contribution in [0.4, 0.5) is 0 Å². The second-order valence-corrected chi connectivity index (χ2v) is 7.72. The molecular weight excluding hydrogens is 254 g/mol. The van der Waals surface area contributed by atoms with Crippen molar-refractivity contribution in [2.75, 3.05) is 24.6 Å². The molecule has 6 heteroatoms. The number of carbonyl (C=O) groups is 1. The molecule has 0 radical (unpaired) electrons. The molecule has 104 valence electrons. The van der Waals surface area contributed by atoms with Gasteiger partial charge in [-0.05, 0) is 38.8 Å². The third kappa shape index (κ3) is 3.03. The summed E-state index contributed by atoms with van der Waals surface area (Å²) in [5.41, 5.74) is -0.649. The lowest BCUT2D eigenvalue weighted by Gasteiger charge is -2.47. The van der Waals surface area contributed by atoms with Crippen LogP contribution in [-0.4, -0.2) is 54.5 Å². The Labute approximate surface area is 108 Å². The predicted molar refractivity (Wildman–Crippen MR) is 68.3 cm³/mol. The van der Waals surface area contributed by atoms with Crippen LogP contribution in [0.2, 0.25) is 0 Å². The normalized spacial score (nSPS) is 33.1. The van der Waals surface area contributed by atoms with Gasteiger partial charge in [-0.1, -0.05) is 6.42 Å². The molecule has 0 saturated carbocycles. The molecular formula is C12H21NO4S. The first-order chi connectivity index (χ1) is 8.44. The van der Waals surface area contributed by atoms with E-state index in [1.54, 1.807) is 0 Å². The number of hydrogen-bond acceptors (Lipinski definition) is 4. The van der Waals surface area contributed by atoms with Crippen molar-refractivity contribution in [1.82, 2.24) is 4.90 Å². The number of aliphatic carboxylic acids is 1. The lowest BCUT2D eigenvalue weighted by Crippen LogP contribution is -2.58. The van der Waals surface area contributed by atoms with Crippen LogP contribution in [0.1, 0.15) is 38.5 Å². The highest BCUT2D eigenvalue weighted by molar-refractivity contribution is 7.91. The zero-order chi connectivity index (χ0) is 13.2. The van der Waals surface area contributed by atoms with E-state index in [0.29, 0.717) is 12.8 Å². The SMILES string of the molecule is O=C(O)CC1(N2CCCCC2)CCCS(=O)(=O)C1. The molecule has 2 heterocycles. The molecule has 0 amide bonds. The molecule has 2 fully saturated rings. The van der Waals surface area contributed by atoms with Crippen molar-refractivity contribution in [3.8, 4) is 0 Å². The quantitative estimate of drug-likeness (QED) is 0.828. The van der Waals surface area contributed by atoms with Crippen molar-refractivity contribution >= 4 is 15.8 Å². The minimum atomic E-state index is -3.09. The number of carboxylic acid groups (broad SMARTS) is 1. The highest BCUT2D eigenvalue weighted by atomic mass is 32.2. The Morgan fingerprint density at radius 1 is 1.17 bits per heavy atom. The fourth-order valence-corrected chi connectivity index (χ4v) is 5.30. The molecule has 0 spiro atoms. The maximum Gasteiger partial charge on any atom is 0.305 e. The maximum atomic E-state index is 11.9. The summed E-state index contributed by atoms with van der Waals surface area (Å²) in [5, 5.41) is 9.11.